The lowest BCUT2D eigenvalue weighted by atomic mass is 9.80. The fraction of sp³-hybridized carbons (Fsp3) is 0.381. The molecule has 2 heterocycles. The van der Waals surface area contributed by atoms with Gasteiger partial charge in [0.1, 0.15) is 0 Å². The Morgan fingerprint density at radius 1 is 1.15 bits per heavy atom. The maximum absolute atomic E-state index is 13.1. The number of benzene rings is 1. The maximum Gasteiger partial charge on any atom is 0.340 e. The van der Waals surface area contributed by atoms with Crippen molar-refractivity contribution in [2.45, 2.75) is 27.7 Å². The minimum Gasteiger partial charge on any atom is -0.465 e. The maximum atomic E-state index is 13.1. The second kappa shape index (κ2) is 6.56. The highest BCUT2D eigenvalue weighted by molar-refractivity contribution is 6.14. The Labute approximate surface area is 154 Å². The zero-order valence-corrected chi connectivity index (χ0v) is 15.9. The lowest BCUT2D eigenvalue weighted by Crippen LogP contribution is -2.36. The number of aryl methyl sites for hydroxylation is 1. The molecule has 0 unspecified atom stereocenters. The Kier molecular flexibility index (Phi) is 4.57. The van der Waals surface area contributed by atoms with Crippen molar-refractivity contribution in [3.05, 3.63) is 58.3 Å². The summed E-state index contributed by atoms with van der Waals surface area (Å²) in [6.45, 7) is 9.07. The summed E-state index contributed by atoms with van der Waals surface area (Å²) in [6.07, 6.45) is 1.63. The molecule has 136 valence electrons. The van der Waals surface area contributed by atoms with Gasteiger partial charge in [-0.3, -0.25) is 9.79 Å². The number of rotatable bonds is 2. The van der Waals surface area contributed by atoms with Crippen LogP contribution in [0.15, 0.2) is 52.2 Å². The Morgan fingerprint density at radius 3 is 2.42 bits per heavy atom. The number of esters is 1. The molecule has 0 spiro atoms. The summed E-state index contributed by atoms with van der Waals surface area (Å²) in [5.74, 6) is -0.580. The largest absolute Gasteiger partial charge is 0.465 e. The summed E-state index contributed by atoms with van der Waals surface area (Å²) >= 11 is 0. The minimum atomic E-state index is -0.451. The van der Waals surface area contributed by atoms with Gasteiger partial charge in [-0.25, -0.2) is 4.79 Å². The normalized spacial score (nSPS) is 18.7. The van der Waals surface area contributed by atoms with E-state index >= 15 is 0 Å². The summed E-state index contributed by atoms with van der Waals surface area (Å²) < 4.78 is 4.99. The smallest absolute Gasteiger partial charge is 0.340 e. The second-order valence-electron chi connectivity index (χ2n) is 7.47. The van der Waals surface area contributed by atoms with E-state index in [4.69, 9.17) is 4.74 Å². The van der Waals surface area contributed by atoms with Gasteiger partial charge >= 0.3 is 5.97 Å². The molecule has 3 rings (SSSR count). The molecule has 0 aromatic heterocycles. The van der Waals surface area contributed by atoms with Crippen molar-refractivity contribution < 1.29 is 14.3 Å². The van der Waals surface area contributed by atoms with E-state index in [2.05, 4.69) is 18.8 Å². The van der Waals surface area contributed by atoms with Gasteiger partial charge in [0, 0.05) is 35.0 Å². The molecule has 5 nitrogen and oxygen atoms in total. The van der Waals surface area contributed by atoms with Crippen LogP contribution in [0.2, 0.25) is 0 Å². The van der Waals surface area contributed by atoms with Crippen LogP contribution in [0, 0.1) is 12.3 Å². The molecule has 0 saturated carbocycles. The first-order valence-corrected chi connectivity index (χ1v) is 8.68. The van der Waals surface area contributed by atoms with Crippen molar-refractivity contribution >= 4 is 17.6 Å². The first-order valence-electron chi connectivity index (χ1n) is 8.68. The SMILES string of the molecule is COC(=O)C1=CN(C(=O)c2ccc(C)cc2)CC(C)(C)C2=C1C(C)=NC2. The van der Waals surface area contributed by atoms with Crippen LogP contribution in [0.4, 0.5) is 0 Å². The number of carbonyl (C=O) groups excluding carboxylic acids is 2. The van der Waals surface area contributed by atoms with Gasteiger partial charge in [-0.1, -0.05) is 31.5 Å². The summed E-state index contributed by atoms with van der Waals surface area (Å²) in [6, 6.07) is 7.45. The van der Waals surface area contributed by atoms with E-state index in [0.717, 1.165) is 22.4 Å². The molecule has 0 N–H and O–H groups in total. The Hall–Kier alpha value is -2.69. The Morgan fingerprint density at radius 2 is 1.81 bits per heavy atom. The standard InChI is InChI=1S/C21H24N2O3/c1-13-6-8-15(9-7-13)19(24)23-11-16(20(25)26-5)18-14(2)22-10-17(18)21(3,4)12-23/h6-9,11H,10,12H2,1-5H3. The van der Waals surface area contributed by atoms with E-state index in [0.29, 0.717) is 24.2 Å². The van der Waals surface area contributed by atoms with Crippen molar-refractivity contribution in [1.29, 1.82) is 0 Å². The molecule has 0 radical (unpaired) electrons. The van der Waals surface area contributed by atoms with Crippen LogP contribution in [0.25, 0.3) is 0 Å². The average molecular weight is 352 g/mol. The second-order valence-corrected chi connectivity index (χ2v) is 7.47. The highest BCUT2D eigenvalue weighted by Crippen LogP contribution is 2.39. The van der Waals surface area contributed by atoms with Crippen LogP contribution in [0.3, 0.4) is 0 Å². The van der Waals surface area contributed by atoms with E-state index in [-0.39, 0.29) is 11.3 Å². The van der Waals surface area contributed by atoms with E-state index in [1.54, 1.807) is 11.1 Å². The van der Waals surface area contributed by atoms with Gasteiger partial charge in [0.2, 0.25) is 0 Å². The molecule has 5 heteroatoms. The third-order valence-electron chi connectivity index (χ3n) is 5.04. The van der Waals surface area contributed by atoms with E-state index in [1.807, 2.05) is 38.1 Å². The molecule has 0 bridgehead atoms. The highest BCUT2D eigenvalue weighted by atomic mass is 16.5. The molecule has 2 aliphatic rings. The predicted octanol–water partition coefficient (Wildman–Crippen LogP) is 3.31. The van der Waals surface area contributed by atoms with Gasteiger partial charge in [-0.05, 0) is 31.6 Å². The fourth-order valence-electron chi connectivity index (χ4n) is 3.53. The average Bonchev–Trinajstić information content (AvgIpc) is 2.94. The van der Waals surface area contributed by atoms with Crippen LogP contribution in [-0.2, 0) is 9.53 Å². The third-order valence-corrected chi connectivity index (χ3v) is 5.04. The number of amides is 1. The minimum absolute atomic E-state index is 0.129. The van der Waals surface area contributed by atoms with Crippen LogP contribution < -0.4 is 0 Å². The molecule has 0 saturated heterocycles. The van der Waals surface area contributed by atoms with Crippen LogP contribution in [0.5, 0.6) is 0 Å². The van der Waals surface area contributed by atoms with Crippen LogP contribution in [-0.4, -0.2) is 42.7 Å². The van der Waals surface area contributed by atoms with Crippen molar-refractivity contribution in [2.75, 3.05) is 20.2 Å². The van der Waals surface area contributed by atoms with Gasteiger partial charge in [-0.2, -0.15) is 0 Å². The van der Waals surface area contributed by atoms with E-state index in [1.165, 1.54) is 7.11 Å². The fourth-order valence-corrected chi connectivity index (χ4v) is 3.53. The number of hydrogen-bond donors (Lipinski definition) is 0. The molecular formula is C21H24N2O3. The molecule has 2 aliphatic heterocycles. The zero-order valence-electron chi connectivity index (χ0n) is 15.9. The number of aliphatic imine (C=N–C) groups is 1. The first kappa shape index (κ1) is 18.1. The van der Waals surface area contributed by atoms with Crippen molar-refractivity contribution in [3.63, 3.8) is 0 Å². The summed E-state index contributed by atoms with van der Waals surface area (Å²) in [5.41, 5.74) is 4.49. The van der Waals surface area contributed by atoms with Crippen LogP contribution in [0.1, 0.15) is 36.7 Å². The monoisotopic (exact) mass is 352 g/mol. The lowest BCUT2D eigenvalue weighted by molar-refractivity contribution is -0.135. The molecule has 0 atom stereocenters. The topological polar surface area (TPSA) is 59.0 Å². The highest BCUT2D eigenvalue weighted by Gasteiger charge is 2.39. The summed E-state index contributed by atoms with van der Waals surface area (Å²) in [5, 5.41) is 0. The lowest BCUT2D eigenvalue weighted by Gasteiger charge is -2.30. The quantitative estimate of drug-likeness (QED) is 0.767. The molecule has 1 aromatic rings. The third kappa shape index (κ3) is 3.09. The number of ether oxygens (including phenoxy) is 1. The van der Waals surface area contributed by atoms with Gasteiger partial charge in [0.05, 0.1) is 19.2 Å². The number of nitrogens with zero attached hydrogens (tertiary/aromatic N) is 2. The van der Waals surface area contributed by atoms with E-state index in [9.17, 15) is 9.59 Å². The number of hydrogen-bond acceptors (Lipinski definition) is 4. The van der Waals surface area contributed by atoms with E-state index < -0.39 is 5.97 Å². The molecule has 0 fully saturated rings. The Bertz CT molecular complexity index is 858. The van der Waals surface area contributed by atoms with Crippen molar-refractivity contribution in [1.82, 2.24) is 4.90 Å². The number of methoxy groups -OCH3 is 1. The van der Waals surface area contributed by atoms with Gasteiger partial charge in [0.15, 0.2) is 0 Å². The van der Waals surface area contributed by atoms with Crippen LogP contribution >= 0.6 is 0 Å². The molecule has 1 amide bonds. The summed E-state index contributed by atoms with van der Waals surface area (Å²) in [4.78, 5) is 31.7. The van der Waals surface area contributed by atoms with Gasteiger partial charge < -0.3 is 9.64 Å². The van der Waals surface area contributed by atoms with Gasteiger partial charge in [-0.15, -0.1) is 0 Å². The molecular weight excluding hydrogens is 328 g/mol. The van der Waals surface area contributed by atoms with Crippen molar-refractivity contribution in [3.8, 4) is 0 Å². The first-order chi connectivity index (χ1) is 12.2. The summed E-state index contributed by atoms with van der Waals surface area (Å²) in [7, 11) is 1.35. The number of carbonyl (C=O) groups is 2. The molecule has 26 heavy (non-hydrogen) atoms. The van der Waals surface area contributed by atoms with Gasteiger partial charge in [0.25, 0.3) is 5.91 Å². The predicted molar refractivity (Wildman–Crippen MR) is 101 cm³/mol. The molecule has 1 aromatic carbocycles. The van der Waals surface area contributed by atoms with Crippen molar-refractivity contribution in [2.24, 2.45) is 10.4 Å². The molecule has 0 aliphatic carbocycles. The Balaban J connectivity index is 2.09. The zero-order chi connectivity index (χ0) is 19.1.